The molecule has 0 saturated carbocycles. The van der Waals surface area contributed by atoms with E-state index in [2.05, 4.69) is 37.8 Å². The predicted molar refractivity (Wildman–Crippen MR) is 53.2 cm³/mol. The maximum absolute atomic E-state index is 3.54. The van der Waals surface area contributed by atoms with E-state index in [1.807, 2.05) is 0 Å². The van der Waals surface area contributed by atoms with Crippen LogP contribution in [0.15, 0.2) is 0 Å². The molecule has 1 aliphatic heterocycles. The number of rotatable bonds is 2. The Labute approximate surface area is 74.3 Å². The first-order valence-corrected chi connectivity index (χ1v) is 5.49. The summed E-state index contributed by atoms with van der Waals surface area (Å²) in [6, 6.07) is 0. The first-order valence-electron chi connectivity index (χ1n) is 4.44. The summed E-state index contributed by atoms with van der Waals surface area (Å²) in [5.74, 6) is 1.37. The van der Waals surface area contributed by atoms with Crippen molar-refractivity contribution in [3.8, 4) is 0 Å². The van der Waals surface area contributed by atoms with E-state index in [-0.39, 0.29) is 0 Å². The van der Waals surface area contributed by atoms with Crippen LogP contribution in [0, 0.1) is 0 Å². The fourth-order valence-corrected chi connectivity index (χ4v) is 2.43. The van der Waals surface area contributed by atoms with Gasteiger partial charge in [-0.25, -0.2) is 0 Å². The van der Waals surface area contributed by atoms with Gasteiger partial charge in [-0.1, -0.05) is 0 Å². The van der Waals surface area contributed by atoms with Crippen molar-refractivity contribution in [1.29, 1.82) is 0 Å². The summed E-state index contributed by atoms with van der Waals surface area (Å²) < 4.78 is 0. The maximum Gasteiger partial charge on any atom is 0.0172 e. The van der Waals surface area contributed by atoms with E-state index in [0.717, 1.165) is 5.25 Å². The zero-order chi connectivity index (χ0) is 8.32. The van der Waals surface area contributed by atoms with E-state index in [1.54, 1.807) is 0 Å². The molecular weight excluding hydrogens is 154 g/mol. The summed E-state index contributed by atoms with van der Waals surface area (Å²) >= 11 is 2.12. The lowest BCUT2D eigenvalue weighted by Gasteiger charge is -2.22. The van der Waals surface area contributed by atoms with Crippen molar-refractivity contribution in [2.75, 3.05) is 12.3 Å². The average molecular weight is 173 g/mol. The smallest absolute Gasteiger partial charge is 0.0172 e. The van der Waals surface area contributed by atoms with Crippen molar-refractivity contribution in [3.63, 3.8) is 0 Å². The van der Waals surface area contributed by atoms with Crippen molar-refractivity contribution in [1.82, 2.24) is 5.32 Å². The fourth-order valence-electron chi connectivity index (χ4n) is 1.23. The Bertz CT molecular complexity index is 111. The summed E-state index contributed by atoms with van der Waals surface area (Å²) in [6.07, 6.45) is 2.83. The van der Waals surface area contributed by atoms with Crippen LogP contribution in [-0.4, -0.2) is 23.1 Å². The van der Waals surface area contributed by atoms with Gasteiger partial charge in [0.25, 0.3) is 0 Å². The molecule has 1 fully saturated rings. The monoisotopic (exact) mass is 173 g/mol. The molecule has 1 rings (SSSR count). The highest BCUT2D eigenvalue weighted by Crippen LogP contribution is 2.25. The van der Waals surface area contributed by atoms with Crippen LogP contribution in [0.5, 0.6) is 0 Å². The molecule has 2 heteroatoms. The van der Waals surface area contributed by atoms with Gasteiger partial charge in [0.2, 0.25) is 0 Å². The van der Waals surface area contributed by atoms with Gasteiger partial charge in [-0.2, -0.15) is 11.8 Å². The second-order valence-corrected chi connectivity index (χ2v) is 5.67. The van der Waals surface area contributed by atoms with E-state index in [1.165, 1.54) is 25.1 Å². The summed E-state index contributed by atoms with van der Waals surface area (Å²) in [7, 11) is 0. The number of thioether (sulfide) groups is 1. The minimum atomic E-state index is 0.295. The molecular formula is C9H19NS. The lowest BCUT2D eigenvalue weighted by molar-refractivity contribution is 0.424. The Balaban J connectivity index is 2.11. The van der Waals surface area contributed by atoms with Crippen LogP contribution in [0.2, 0.25) is 0 Å². The Morgan fingerprint density at radius 3 is 2.64 bits per heavy atom. The zero-order valence-electron chi connectivity index (χ0n) is 7.81. The molecule has 11 heavy (non-hydrogen) atoms. The zero-order valence-corrected chi connectivity index (χ0v) is 8.63. The summed E-state index contributed by atoms with van der Waals surface area (Å²) in [6.45, 7) is 7.88. The molecule has 1 aliphatic rings. The van der Waals surface area contributed by atoms with Crippen molar-refractivity contribution in [2.24, 2.45) is 0 Å². The summed E-state index contributed by atoms with van der Waals surface area (Å²) in [4.78, 5) is 0. The van der Waals surface area contributed by atoms with Crippen molar-refractivity contribution in [2.45, 2.75) is 44.4 Å². The molecule has 1 unspecified atom stereocenters. The molecule has 0 bridgehead atoms. The van der Waals surface area contributed by atoms with Crippen LogP contribution in [0.25, 0.3) is 0 Å². The van der Waals surface area contributed by atoms with Gasteiger partial charge in [0.15, 0.2) is 0 Å². The van der Waals surface area contributed by atoms with Crippen LogP contribution in [0.3, 0.4) is 0 Å². The second kappa shape index (κ2) is 3.81. The van der Waals surface area contributed by atoms with Crippen molar-refractivity contribution < 1.29 is 0 Å². The van der Waals surface area contributed by atoms with E-state index >= 15 is 0 Å². The Morgan fingerprint density at radius 1 is 1.45 bits per heavy atom. The minimum Gasteiger partial charge on any atom is -0.311 e. The average Bonchev–Trinajstić information content (AvgIpc) is 2.32. The van der Waals surface area contributed by atoms with Crippen molar-refractivity contribution in [3.05, 3.63) is 0 Å². The third-order valence-corrected chi connectivity index (χ3v) is 3.28. The Hall–Kier alpha value is 0.310. The predicted octanol–water partition coefficient (Wildman–Crippen LogP) is 2.27. The first kappa shape index (κ1) is 9.40. The second-order valence-electron chi connectivity index (χ2n) is 4.27. The SMILES string of the molecule is CC(C)(C)NCC1CCCS1. The first-order chi connectivity index (χ1) is 5.08. The van der Waals surface area contributed by atoms with E-state index in [0.29, 0.717) is 5.54 Å². The molecule has 0 spiro atoms. The molecule has 1 nitrogen and oxygen atoms in total. The molecule has 0 aliphatic carbocycles. The Morgan fingerprint density at radius 2 is 2.18 bits per heavy atom. The molecule has 0 amide bonds. The molecule has 0 aromatic heterocycles. The highest BCUT2D eigenvalue weighted by atomic mass is 32.2. The largest absolute Gasteiger partial charge is 0.311 e. The lowest BCUT2D eigenvalue weighted by atomic mass is 10.1. The number of hydrogen-bond donors (Lipinski definition) is 1. The van der Waals surface area contributed by atoms with Gasteiger partial charge >= 0.3 is 0 Å². The highest BCUT2D eigenvalue weighted by Gasteiger charge is 2.17. The molecule has 0 radical (unpaired) electrons. The normalized spacial score (nSPS) is 25.9. The Kier molecular flexibility index (Phi) is 3.26. The van der Waals surface area contributed by atoms with Crippen LogP contribution < -0.4 is 5.32 Å². The standard InChI is InChI=1S/C9H19NS/c1-9(2,3)10-7-8-5-4-6-11-8/h8,10H,4-7H2,1-3H3. The van der Waals surface area contributed by atoms with E-state index in [4.69, 9.17) is 0 Å². The fraction of sp³-hybridized carbons (Fsp3) is 1.00. The quantitative estimate of drug-likeness (QED) is 0.687. The van der Waals surface area contributed by atoms with Gasteiger partial charge in [-0.3, -0.25) is 0 Å². The van der Waals surface area contributed by atoms with Gasteiger partial charge in [-0.05, 0) is 39.4 Å². The van der Waals surface area contributed by atoms with Gasteiger partial charge in [0.1, 0.15) is 0 Å². The van der Waals surface area contributed by atoms with Gasteiger partial charge in [-0.15, -0.1) is 0 Å². The molecule has 66 valence electrons. The topological polar surface area (TPSA) is 12.0 Å². The molecule has 1 N–H and O–H groups in total. The molecule has 0 aromatic rings. The van der Waals surface area contributed by atoms with Crippen LogP contribution in [-0.2, 0) is 0 Å². The van der Waals surface area contributed by atoms with Gasteiger partial charge in [0, 0.05) is 17.3 Å². The third-order valence-electron chi connectivity index (χ3n) is 1.88. The van der Waals surface area contributed by atoms with Gasteiger partial charge in [0.05, 0.1) is 0 Å². The molecule has 1 saturated heterocycles. The summed E-state index contributed by atoms with van der Waals surface area (Å²) in [5.41, 5.74) is 0.295. The van der Waals surface area contributed by atoms with Crippen molar-refractivity contribution >= 4 is 11.8 Å². The van der Waals surface area contributed by atoms with Crippen LogP contribution in [0.1, 0.15) is 33.6 Å². The highest BCUT2D eigenvalue weighted by molar-refractivity contribution is 8.00. The van der Waals surface area contributed by atoms with E-state index in [9.17, 15) is 0 Å². The summed E-state index contributed by atoms with van der Waals surface area (Å²) in [5, 5.41) is 4.43. The maximum atomic E-state index is 3.54. The van der Waals surface area contributed by atoms with Crippen LogP contribution >= 0.6 is 11.8 Å². The minimum absolute atomic E-state index is 0.295. The lowest BCUT2D eigenvalue weighted by Crippen LogP contribution is -2.39. The van der Waals surface area contributed by atoms with Gasteiger partial charge < -0.3 is 5.32 Å². The van der Waals surface area contributed by atoms with Crippen LogP contribution in [0.4, 0.5) is 0 Å². The molecule has 0 aromatic carbocycles. The number of nitrogens with one attached hydrogen (secondary N) is 1. The van der Waals surface area contributed by atoms with E-state index < -0.39 is 0 Å². The molecule has 1 heterocycles. The third kappa shape index (κ3) is 4.02. The number of hydrogen-bond acceptors (Lipinski definition) is 2. The molecule has 1 atom stereocenters.